The number of carbonyl (C=O) groups is 1. The van der Waals surface area contributed by atoms with Crippen molar-refractivity contribution in [2.24, 2.45) is 0 Å². The van der Waals surface area contributed by atoms with Gasteiger partial charge in [-0.15, -0.1) is 0 Å². The van der Waals surface area contributed by atoms with Crippen LogP contribution in [0.3, 0.4) is 0 Å². The molecule has 1 aliphatic rings. The number of nitrogens with zero attached hydrogens (tertiary/aromatic N) is 1. The molecule has 0 amide bonds. The van der Waals surface area contributed by atoms with Crippen LogP contribution in [-0.2, 0) is 28.5 Å². The van der Waals surface area contributed by atoms with Crippen LogP contribution in [0, 0.1) is 6.92 Å². The third-order valence-corrected chi connectivity index (χ3v) is 13.2. The molecule has 0 fully saturated rings. The summed E-state index contributed by atoms with van der Waals surface area (Å²) in [6, 6.07) is 56.2. The molecule has 3 nitrogen and oxygen atoms in total. The predicted molar refractivity (Wildman–Crippen MR) is 258 cm³/mol. The zero-order valence-electron chi connectivity index (χ0n) is 35.2. The minimum atomic E-state index is -0.812. The molecule has 0 spiro atoms. The second-order valence-electron chi connectivity index (χ2n) is 17.0. The second-order valence-corrected chi connectivity index (χ2v) is 17.0. The maximum atomic E-state index is 12.2. The third-order valence-electron chi connectivity index (χ3n) is 13.2. The fourth-order valence-electron chi connectivity index (χ4n) is 10.4. The molecule has 8 aromatic carbocycles. The Hall–Kier alpha value is -6.97. The average molecular weight is 794 g/mol. The van der Waals surface area contributed by atoms with Gasteiger partial charge in [-0.2, -0.15) is 0 Å². The third kappa shape index (κ3) is 7.04. The number of hydrogen-bond acceptors (Lipinski definition) is 2. The Morgan fingerprint density at radius 2 is 1.13 bits per heavy atom. The SMILES string of the molecule is C=C(/C=C/C=C/C=C1/N(CCC(=O)O)c2c(c3ccccc3c3ccccc23)C1(C)Cc1ccccc1)C(C)(Cc1ccccc1)c1c(C)c2ccccc2c2ccccc12. The maximum absolute atomic E-state index is 12.2. The van der Waals surface area contributed by atoms with Crippen molar-refractivity contribution in [3.8, 4) is 0 Å². The monoisotopic (exact) mass is 793 g/mol. The number of allylic oxidation sites excluding steroid dienone is 7. The molecule has 3 heteroatoms. The Morgan fingerprint density at radius 3 is 1.75 bits per heavy atom. The smallest absolute Gasteiger partial charge is 0.305 e. The molecule has 9 rings (SSSR count). The predicted octanol–water partition coefficient (Wildman–Crippen LogP) is 14.2. The van der Waals surface area contributed by atoms with Crippen molar-refractivity contribution >= 4 is 54.7 Å². The topological polar surface area (TPSA) is 40.5 Å². The summed E-state index contributed by atoms with van der Waals surface area (Å²) >= 11 is 0. The van der Waals surface area contributed by atoms with E-state index < -0.39 is 16.8 Å². The lowest BCUT2D eigenvalue weighted by atomic mass is 9.68. The quantitative estimate of drug-likeness (QED) is 0.0989. The summed E-state index contributed by atoms with van der Waals surface area (Å²) in [5, 5.41) is 19.8. The molecule has 0 aliphatic carbocycles. The molecule has 0 bridgehead atoms. The molecule has 2 atom stereocenters. The number of carboxylic acids is 1. The van der Waals surface area contributed by atoms with E-state index in [1.54, 1.807) is 0 Å². The standard InChI is InChI=1S/C58H51NO2/c1-40(57(3,38-42-23-9-6-10-24-42)54-41(2)44-27-14-15-28-45(44)46-29-16-19-32-49(46)54)22-8-5-13-35-52-58(4,39-43-25-11-7-12-26-43)55-50-33-20-17-30-47(50)48-31-18-21-34-51(48)56(55)59(52)37-36-53(60)61/h5-35H,1,36-39H2,2-4H3,(H,60,61)/b13-5+,22-8+,52-35+. The van der Waals surface area contributed by atoms with E-state index in [2.05, 4.69) is 214 Å². The van der Waals surface area contributed by atoms with Crippen molar-refractivity contribution in [2.75, 3.05) is 11.4 Å². The van der Waals surface area contributed by atoms with Gasteiger partial charge in [0.05, 0.1) is 12.1 Å². The Kier molecular flexibility index (Phi) is 10.5. The van der Waals surface area contributed by atoms with Crippen LogP contribution in [0.1, 0.15) is 48.1 Å². The number of anilines is 1. The van der Waals surface area contributed by atoms with E-state index in [9.17, 15) is 9.90 Å². The Morgan fingerprint density at radius 1 is 0.639 bits per heavy atom. The lowest BCUT2D eigenvalue weighted by molar-refractivity contribution is -0.136. The van der Waals surface area contributed by atoms with Gasteiger partial charge in [-0.25, -0.2) is 0 Å². The van der Waals surface area contributed by atoms with Gasteiger partial charge in [-0.05, 0) is 104 Å². The Balaban J connectivity index is 1.16. The van der Waals surface area contributed by atoms with E-state index in [4.69, 9.17) is 6.58 Å². The van der Waals surface area contributed by atoms with Gasteiger partial charge in [-0.1, -0.05) is 196 Å². The molecule has 0 radical (unpaired) electrons. The summed E-state index contributed by atoms with van der Waals surface area (Å²) in [7, 11) is 0. The van der Waals surface area contributed by atoms with Gasteiger partial charge in [0, 0.05) is 28.5 Å². The van der Waals surface area contributed by atoms with Crippen LogP contribution in [0.5, 0.6) is 0 Å². The molecule has 8 aromatic rings. The van der Waals surface area contributed by atoms with Crippen LogP contribution < -0.4 is 4.90 Å². The molecule has 61 heavy (non-hydrogen) atoms. The normalized spacial score (nSPS) is 17.0. The first-order valence-corrected chi connectivity index (χ1v) is 21.4. The van der Waals surface area contributed by atoms with E-state index in [1.165, 1.54) is 65.5 Å². The minimum Gasteiger partial charge on any atom is -0.481 e. The highest BCUT2D eigenvalue weighted by molar-refractivity contribution is 6.17. The fraction of sp³-hybridized carbons (Fsp3) is 0.155. The van der Waals surface area contributed by atoms with Crippen LogP contribution in [-0.4, -0.2) is 17.6 Å². The summed E-state index contributed by atoms with van der Waals surface area (Å²) in [6.45, 7) is 12.1. The first kappa shape index (κ1) is 39.5. The van der Waals surface area contributed by atoms with Crippen molar-refractivity contribution in [3.05, 3.63) is 234 Å². The number of benzene rings is 8. The van der Waals surface area contributed by atoms with Crippen molar-refractivity contribution in [2.45, 2.75) is 50.9 Å². The van der Waals surface area contributed by atoms with Crippen molar-refractivity contribution in [1.29, 1.82) is 0 Å². The van der Waals surface area contributed by atoms with Gasteiger partial charge in [0.15, 0.2) is 0 Å². The summed E-state index contributed by atoms with van der Waals surface area (Å²) in [5.74, 6) is -0.812. The number of aryl methyl sites for hydroxylation is 1. The summed E-state index contributed by atoms with van der Waals surface area (Å²) in [5.41, 5.74) is 8.66. The lowest BCUT2D eigenvalue weighted by Crippen LogP contribution is -2.32. The van der Waals surface area contributed by atoms with E-state index in [-0.39, 0.29) is 6.42 Å². The van der Waals surface area contributed by atoms with Crippen LogP contribution in [0.25, 0.3) is 43.1 Å². The van der Waals surface area contributed by atoms with Gasteiger partial charge in [-0.3, -0.25) is 4.79 Å². The van der Waals surface area contributed by atoms with E-state index in [0.29, 0.717) is 6.54 Å². The van der Waals surface area contributed by atoms with E-state index in [0.717, 1.165) is 35.2 Å². The second kappa shape index (κ2) is 16.2. The largest absolute Gasteiger partial charge is 0.481 e. The fourth-order valence-corrected chi connectivity index (χ4v) is 10.4. The van der Waals surface area contributed by atoms with Crippen molar-refractivity contribution in [3.63, 3.8) is 0 Å². The number of carboxylic acid groups (broad SMARTS) is 1. The zero-order valence-corrected chi connectivity index (χ0v) is 35.2. The molecule has 0 saturated carbocycles. The number of aliphatic carboxylic acids is 1. The highest BCUT2D eigenvalue weighted by Crippen LogP contribution is 2.56. The Bertz CT molecular complexity index is 3070. The molecule has 1 aliphatic heterocycles. The van der Waals surface area contributed by atoms with Crippen molar-refractivity contribution in [1.82, 2.24) is 0 Å². The zero-order chi connectivity index (χ0) is 42.1. The molecule has 300 valence electrons. The lowest BCUT2D eigenvalue weighted by Gasteiger charge is -2.35. The molecular formula is C58H51NO2. The maximum Gasteiger partial charge on any atom is 0.305 e. The van der Waals surface area contributed by atoms with Crippen LogP contribution >= 0.6 is 0 Å². The van der Waals surface area contributed by atoms with Gasteiger partial charge in [0.2, 0.25) is 0 Å². The highest BCUT2D eigenvalue weighted by atomic mass is 16.4. The Labute approximate surface area is 359 Å². The van der Waals surface area contributed by atoms with Gasteiger partial charge >= 0.3 is 5.97 Å². The van der Waals surface area contributed by atoms with Gasteiger partial charge in [0.25, 0.3) is 0 Å². The van der Waals surface area contributed by atoms with Gasteiger partial charge < -0.3 is 10.0 Å². The molecule has 1 N–H and O–H groups in total. The highest BCUT2D eigenvalue weighted by Gasteiger charge is 2.46. The first-order chi connectivity index (χ1) is 29.7. The summed E-state index contributed by atoms with van der Waals surface area (Å²) in [6.07, 6.45) is 12.3. The first-order valence-electron chi connectivity index (χ1n) is 21.4. The summed E-state index contributed by atoms with van der Waals surface area (Å²) < 4.78 is 0. The molecule has 0 aromatic heterocycles. The number of hydrogen-bond donors (Lipinski definition) is 1. The van der Waals surface area contributed by atoms with E-state index >= 15 is 0 Å². The molecule has 2 unspecified atom stereocenters. The number of rotatable bonds is 12. The van der Waals surface area contributed by atoms with Crippen LogP contribution in [0.15, 0.2) is 206 Å². The molecular weight excluding hydrogens is 743 g/mol. The van der Waals surface area contributed by atoms with Crippen LogP contribution in [0.2, 0.25) is 0 Å². The van der Waals surface area contributed by atoms with Gasteiger partial charge in [0.1, 0.15) is 0 Å². The minimum absolute atomic E-state index is 0.0195. The summed E-state index contributed by atoms with van der Waals surface area (Å²) in [4.78, 5) is 14.5. The number of fused-ring (bicyclic) bond motifs is 9. The van der Waals surface area contributed by atoms with Crippen LogP contribution in [0.4, 0.5) is 5.69 Å². The molecule has 0 saturated heterocycles. The average Bonchev–Trinajstić information content (AvgIpc) is 3.52. The van der Waals surface area contributed by atoms with E-state index in [1.807, 2.05) is 0 Å². The van der Waals surface area contributed by atoms with Crippen molar-refractivity contribution < 1.29 is 9.90 Å². The molecule has 1 heterocycles.